The minimum absolute atomic E-state index is 0.0214. The minimum Gasteiger partial charge on any atom is -0.383 e. The van der Waals surface area contributed by atoms with Gasteiger partial charge in [0.25, 0.3) is 5.56 Å². The van der Waals surface area contributed by atoms with Crippen molar-refractivity contribution < 1.29 is 4.79 Å². The van der Waals surface area contributed by atoms with Gasteiger partial charge in [-0.1, -0.05) is 54.2 Å². The fraction of sp³-hybridized carbons (Fsp3) is 0.0625. The third-order valence-electron chi connectivity index (χ3n) is 3.17. The van der Waals surface area contributed by atoms with E-state index in [1.807, 2.05) is 36.4 Å². The van der Waals surface area contributed by atoms with Crippen LogP contribution in [0.25, 0.3) is 10.8 Å². The maximum atomic E-state index is 12.4. The molecular weight excluding hydrogens is 298 g/mol. The van der Waals surface area contributed by atoms with Gasteiger partial charge in [-0.3, -0.25) is 9.59 Å². The van der Waals surface area contributed by atoms with E-state index in [1.54, 1.807) is 6.07 Å². The Morgan fingerprint density at radius 1 is 1.18 bits per heavy atom. The molecule has 110 valence electrons. The summed E-state index contributed by atoms with van der Waals surface area (Å²) in [7, 11) is 0. The Morgan fingerprint density at radius 3 is 2.77 bits per heavy atom. The molecule has 2 aromatic carbocycles. The zero-order valence-corrected chi connectivity index (χ0v) is 12.4. The van der Waals surface area contributed by atoms with Crippen LogP contribution in [-0.4, -0.2) is 21.5 Å². The summed E-state index contributed by atoms with van der Waals surface area (Å²) < 4.78 is 0. The van der Waals surface area contributed by atoms with E-state index in [0.29, 0.717) is 10.7 Å². The summed E-state index contributed by atoms with van der Waals surface area (Å²) in [5, 5.41) is 2.29. The minimum atomic E-state index is -0.326. The van der Waals surface area contributed by atoms with Crippen LogP contribution in [0.4, 0.5) is 5.82 Å². The van der Waals surface area contributed by atoms with Crippen LogP contribution in [0.2, 0.25) is 0 Å². The first kappa shape index (κ1) is 14.3. The molecule has 3 N–H and O–H groups in total. The second kappa shape index (κ2) is 6.03. The van der Waals surface area contributed by atoms with E-state index in [1.165, 1.54) is 6.07 Å². The van der Waals surface area contributed by atoms with Crippen molar-refractivity contribution in [2.75, 3.05) is 11.5 Å². The third kappa shape index (κ3) is 3.01. The van der Waals surface area contributed by atoms with Crippen molar-refractivity contribution >= 4 is 34.1 Å². The Labute approximate surface area is 130 Å². The van der Waals surface area contributed by atoms with Crippen LogP contribution >= 0.6 is 11.8 Å². The van der Waals surface area contributed by atoms with Crippen LogP contribution in [0, 0.1) is 0 Å². The number of nitrogens with two attached hydrogens (primary N) is 1. The smallest absolute Gasteiger partial charge is 0.253 e. The van der Waals surface area contributed by atoms with Crippen molar-refractivity contribution in [3.63, 3.8) is 0 Å². The lowest BCUT2D eigenvalue weighted by Gasteiger charge is -2.05. The molecule has 0 bridgehead atoms. The molecule has 0 atom stereocenters. The monoisotopic (exact) mass is 311 g/mol. The molecule has 3 aromatic rings. The summed E-state index contributed by atoms with van der Waals surface area (Å²) in [5.74, 6) is 0.302. The predicted octanol–water partition coefficient (Wildman–Crippen LogP) is 2.48. The lowest BCUT2D eigenvalue weighted by molar-refractivity contribution is 0.102. The highest BCUT2D eigenvalue weighted by Gasteiger charge is 2.11. The van der Waals surface area contributed by atoms with E-state index in [2.05, 4.69) is 9.97 Å². The number of anilines is 1. The number of benzene rings is 2. The van der Waals surface area contributed by atoms with Crippen LogP contribution in [0.1, 0.15) is 10.4 Å². The van der Waals surface area contributed by atoms with Crippen molar-refractivity contribution in [1.29, 1.82) is 0 Å². The second-order valence-electron chi connectivity index (χ2n) is 4.71. The molecule has 0 spiro atoms. The Balaban J connectivity index is 1.83. The number of ketones is 1. The van der Waals surface area contributed by atoms with Crippen LogP contribution < -0.4 is 11.3 Å². The highest BCUT2D eigenvalue weighted by molar-refractivity contribution is 7.99. The van der Waals surface area contributed by atoms with E-state index in [-0.39, 0.29) is 22.9 Å². The molecule has 0 aliphatic carbocycles. The van der Waals surface area contributed by atoms with Crippen molar-refractivity contribution in [3.05, 3.63) is 64.4 Å². The lowest BCUT2D eigenvalue weighted by atomic mass is 10.0. The van der Waals surface area contributed by atoms with Gasteiger partial charge < -0.3 is 10.7 Å². The van der Waals surface area contributed by atoms with Crippen molar-refractivity contribution in [2.45, 2.75) is 5.16 Å². The predicted molar refractivity (Wildman–Crippen MR) is 88.3 cm³/mol. The Kier molecular flexibility index (Phi) is 3.93. The number of aromatic nitrogens is 2. The molecule has 5 nitrogen and oxygen atoms in total. The SMILES string of the molecule is Nc1cc(=O)[nH]c(SCC(=O)c2cccc3ccccc23)n1. The lowest BCUT2D eigenvalue weighted by Crippen LogP contribution is -2.11. The number of nitrogen functional groups attached to an aromatic ring is 1. The standard InChI is InChI=1S/C16H13N3O2S/c17-14-8-15(21)19-16(18-14)22-9-13(20)12-7-3-5-10-4-1-2-6-11(10)12/h1-8H,9H2,(H3,17,18,19,21). The van der Waals surface area contributed by atoms with Gasteiger partial charge in [0, 0.05) is 11.6 Å². The molecule has 0 fully saturated rings. The van der Waals surface area contributed by atoms with Gasteiger partial charge in [-0.05, 0) is 10.8 Å². The number of rotatable bonds is 4. The number of hydrogen-bond donors (Lipinski definition) is 2. The largest absolute Gasteiger partial charge is 0.383 e. The molecule has 0 aliphatic rings. The zero-order valence-electron chi connectivity index (χ0n) is 11.6. The fourth-order valence-corrected chi connectivity index (χ4v) is 2.97. The summed E-state index contributed by atoms with van der Waals surface area (Å²) in [5.41, 5.74) is 5.86. The summed E-state index contributed by atoms with van der Waals surface area (Å²) in [6.45, 7) is 0. The molecule has 0 saturated carbocycles. The first-order valence-corrected chi connectivity index (χ1v) is 7.62. The maximum Gasteiger partial charge on any atom is 0.253 e. The van der Waals surface area contributed by atoms with Crippen molar-refractivity contribution in [1.82, 2.24) is 9.97 Å². The van der Waals surface area contributed by atoms with Gasteiger partial charge in [-0.2, -0.15) is 0 Å². The van der Waals surface area contributed by atoms with E-state index >= 15 is 0 Å². The molecule has 0 radical (unpaired) electrons. The Bertz CT molecular complexity index is 900. The van der Waals surface area contributed by atoms with Crippen LogP contribution in [-0.2, 0) is 0 Å². The van der Waals surface area contributed by atoms with Gasteiger partial charge in [-0.15, -0.1) is 0 Å². The summed E-state index contributed by atoms with van der Waals surface area (Å²) in [6, 6.07) is 14.6. The highest BCUT2D eigenvalue weighted by atomic mass is 32.2. The summed E-state index contributed by atoms with van der Waals surface area (Å²) in [6.07, 6.45) is 0. The molecule has 22 heavy (non-hydrogen) atoms. The number of carbonyl (C=O) groups excluding carboxylic acids is 1. The van der Waals surface area contributed by atoms with Gasteiger partial charge in [0.1, 0.15) is 5.82 Å². The average Bonchev–Trinajstić information content (AvgIpc) is 2.51. The molecule has 0 aliphatic heterocycles. The van der Waals surface area contributed by atoms with Gasteiger partial charge in [0.15, 0.2) is 10.9 Å². The van der Waals surface area contributed by atoms with E-state index in [0.717, 1.165) is 22.5 Å². The van der Waals surface area contributed by atoms with Crippen LogP contribution in [0.3, 0.4) is 0 Å². The van der Waals surface area contributed by atoms with E-state index in [4.69, 9.17) is 5.73 Å². The number of carbonyl (C=O) groups is 1. The number of hydrogen-bond acceptors (Lipinski definition) is 5. The van der Waals surface area contributed by atoms with Crippen molar-refractivity contribution in [3.8, 4) is 0 Å². The second-order valence-corrected chi connectivity index (χ2v) is 5.68. The molecule has 3 rings (SSSR count). The van der Waals surface area contributed by atoms with Gasteiger partial charge in [0.05, 0.1) is 5.75 Å². The molecule has 0 unspecified atom stereocenters. The number of Topliss-reactive ketones (excluding diaryl/α,β-unsaturated/α-hetero) is 1. The summed E-state index contributed by atoms with van der Waals surface area (Å²) in [4.78, 5) is 30.3. The van der Waals surface area contributed by atoms with Crippen LogP contribution in [0.15, 0.2) is 58.5 Å². The van der Waals surface area contributed by atoms with E-state index < -0.39 is 0 Å². The van der Waals surface area contributed by atoms with Gasteiger partial charge in [0.2, 0.25) is 0 Å². The van der Waals surface area contributed by atoms with Gasteiger partial charge in [-0.25, -0.2) is 4.98 Å². The topological polar surface area (TPSA) is 88.8 Å². The first-order chi connectivity index (χ1) is 10.6. The molecule has 6 heteroatoms. The number of H-pyrrole nitrogens is 1. The van der Waals surface area contributed by atoms with Gasteiger partial charge >= 0.3 is 0 Å². The van der Waals surface area contributed by atoms with Crippen LogP contribution in [0.5, 0.6) is 0 Å². The molecule has 0 amide bonds. The van der Waals surface area contributed by atoms with Crippen molar-refractivity contribution in [2.24, 2.45) is 0 Å². The Morgan fingerprint density at radius 2 is 1.95 bits per heavy atom. The number of aromatic amines is 1. The first-order valence-electron chi connectivity index (χ1n) is 6.64. The Hall–Kier alpha value is -2.60. The molecule has 0 saturated heterocycles. The number of nitrogens with zero attached hydrogens (tertiary/aromatic N) is 1. The third-order valence-corrected chi connectivity index (χ3v) is 4.04. The number of thioether (sulfide) groups is 1. The fourth-order valence-electron chi connectivity index (χ4n) is 2.20. The summed E-state index contributed by atoms with van der Waals surface area (Å²) >= 11 is 1.16. The zero-order chi connectivity index (χ0) is 15.5. The maximum absolute atomic E-state index is 12.4. The average molecular weight is 311 g/mol. The normalized spacial score (nSPS) is 10.7. The quantitative estimate of drug-likeness (QED) is 0.439. The molecule has 1 heterocycles. The van der Waals surface area contributed by atoms with E-state index in [9.17, 15) is 9.59 Å². The molecular formula is C16H13N3O2S. The highest BCUT2D eigenvalue weighted by Crippen LogP contribution is 2.21. The molecule has 1 aromatic heterocycles. The number of nitrogens with one attached hydrogen (secondary N) is 1. The number of fused-ring (bicyclic) bond motifs is 1.